The van der Waals surface area contributed by atoms with Crippen molar-refractivity contribution in [3.63, 3.8) is 0 Å². The predicted molar refractivity (Wildman–Crippen MR) is 67.6 cm³/mol. The van der Waals surface area contributed by atoms with Gasteiger partial charge in [-0.3, -0.25) is 0 Å². The fraction of sp³-hybridized carbons (Fsp3) is 0.833. The number of hydrogen-bond donors (Lipinski definition) is 1. The van der Waals surface area contributed by atoms with E-state index in [1.807, 2.05) is 6.92 Å². The van der Waals surface area contributed by atoms with Crippen LogP contribution in [0.15, 0.2) is 5.10 Å². The summed E-state index contributed by atoms with van der Waals surface area (Å²) < 4.78 is 10.6. The molecule has 1 N–H and O–H groups in total. The summed E-state index contributed by atoms with van der Waals surface area (Å²) in [6.45, 7) is 4.07. The normalized spacial score (nSPS) is 29.7. The van der Waals surface area contributed by atoms with Gasteiger partial charge >= 0.3 is 6.09 Å². The third-order valence-corrected chi connectivity index (χ3v) is 3.77. The van der Waals surface area contributed by atoms with Gasteiger partial charge in [0.05, 0.1) is 24.5 Å². The quantitative estimate of drug-likeness (QED) is 0.709. The number of nitrogens with zero attached hydrogens (tertiary/aromatic N) is 2. The van der Waals surface area contributed by atoms with E-state index < -0.39 is 6.09 Å². The van der Waals surface area contributed by atoms with Gasteiger partial charge in [-0.25, -0.2) is 10.2 Å². The number of hydrogen-bond acceptors (Lipinski definition) is 5. The van der Waals surface area contributed by atoms with E-state index in [1.165, 1.54) is 7.11 Å². The summed E-state index contributed by atoms with van der Waals surface area (Å²) in [5.74, 6) is 0. The number of rotatable bonds is 1. The second kappa shape index (κ2) is 5.24. The Morgan fingerprint density at radius 2 is 2.22 bits per heavy atom. The van der Waals surface area contributed by atoms with Crippen LogP contribution in [0.4, 0.5) is 4.79 Å². The van der Waals surface area contributed by atoms with Crippen LogP contribution in [0.5, 0.6) is 0 Å². The average molecular weight is 255 g/mol. The highest BCUT2D eigenvalue weighted by atomic mass is 16.5. The molecule has 18 heavy (non-hydrogen) atoms. The van der Waals surface area contributed by atoms with E-state index in [-0.39, 0.29) is 11.7 Å². The molecule has 6 nitrogen and oxygen atoms in total. The highest BCUT2D eigenvalue weighted by Crippen LogP contribution is 2.37. The largest absolute Gasteiger partial charge is 0.452 e. The summed E-state index contributed by atoms with van der Waals surface area (Å²) in [6, 6.07) is 0. The smallest absolute Gasteiger partial charge is 0.427 e. The molecule has 2 heterocycles. The monoisotopic (exact) mass is 255 g/mol. The lowest BCUT2D eigenvalue weighted by molar-refractivity contribution is -0.0656. The molecule has 2 saturated heterocycles. The Morgan fingerprint density at radius 1 is 1.56 bits per heavy atom. The molecule has 0 aromatic rings. The molecule has 2 rings (SSSR count). The lowest BCUT2D eigenvalue weighted by Crippen LogP contribution is -2.42. The fourth-order valence-corrected chi connectivity index (χ4v) is 2.57. The number of piperidine rings is 1. The van der Waals surface area contributed by atoms with Crippen molar-refractivity contribution in [2.45, 2.75) is 37.9 Å². The number of nitrogens with one attached hydrogen (secondary N) is 1. The zero-order chi connectivity index (χ0) is 13.2. The molecule has 1 atom stereocenters. The van der Waals surface area contributed by atoms with Crippen LogP contribution in [0.2, 0.25) is 0 Å². The van der Waals surface area contributed by atoms with Gasteiger partial charge in [0.15, 0.2) is 0 Å². The summed E-state index contributed by atoms with van der Waals surface area (Å²) >= 11 is 0. The third kappa shape index (κ3) is 2.81. The summed E-state index contributed by atoms with van der Waals surface area (Å²) in [6.07, 6.45) is 2.26. The molecule has 6 heteroatoms. The second-order valence-corrected chi connectivity index (χ2v) is 5.13. The second-order valence-electron chi connectivity index (χ2n) is 5.13. The topological polar surface area (TPSA) is 63.2 Å². The lowest BCUT2D eigenvalue weighted by atomic mass is 9.88. The first kappa shape index (κ1) is 13.3. The summed E-state index contributed by atoms with van der Waals surface area (Å²) in [5, 5.41) is 4.10. The van der Waals surface area contributed by atoms with Crippen molar-refractivity contribution >= 4 is 11.8 Å². The first-order chi connectivity index (χ1) is 8.54. The van der Waals surface area contributed by atoms with Crippen LogP contribution in [-0.2, 0) is 9.47 Å². The summed E-state index contributed by atoms with van der Waals surface area (Å²) in [5.41, 5.74) is 3.18. The Balaban J connectivity index is 1.98. The van der Waals surface area contributed by atoms with E-state index in [0.717, 1.165) is 38.1 Å². The van der Waals surface area contributed by atoms with Crippen molar-refractivity contribution in [2.75, 3.05) is 27.2 Å². The number of amides is 1. The SMILES string of the molecule is COC(=O)N/N=C1\CC2(CCN(C)CC2)OC1C. The first-order valence-electron chi connectivity index (χ1n) is 6.31. The predicted octanol–water partition coefficient (Wildman–Crippen LogP) is 0.972. The van der Waals surface area contributed by atoms with Crippen LogP contribution in [0, 0.1) is 0 Å². The van der Waals surface area contributed by atoms with Gasteiger partial charge in [0.25, 0.3) is 0 Å². The minimum absolute atomic E-state index is 0.0365. The molecule has 102 valence electrons. The Hall–Kier alpha value is -1.14. The van der Waals surface area contributed by atoms with E-state index >= 15 is 0 Å². The Labute approximate surface area is 107 Å². The highest BCUT2D eigenvalue weighted by Gasteiger charge is 2.44. The minimum Gasteiger partial charge on any atom is -0.452 e. The zero-order valence-electron chi connectivity index (χ0n) is 11.2. The number of carbonyl (C=O) groups excluding carboxylic acids is 1. The summed E-state index contributed by atoms with van der Waals surface area (Å²) in [7, 11) is 3.45. The number of likely N-dealkylation sites (tertiary alicyclic amines) is 1. The van der Waals surface area contributed by atoms with Gasteiger partial charge in [-0.05, 0) is 26.8 Å². The Morgan fingerprint density at radius 3 is 2.83 bits per heavy atom. The molecule has 0 aliphatic carbocycles. The van der Waals surface area contributed by atoms with Gasteiger partial charge in [-0.15, -0.1) is 0 Å². The maximum Gasteiger partial charge on any atom is 0.427 e. The maximum absolute atomic E-state index is 11.0. The van der Waals surface area contributed by atoms with Crippen LogP contribution in [-0.4, -0.2) is 55.7 Å². The Bertz CT molecular complexity index is 348. The molecule has 0 saturated carbocycles. The molecule has 0 aromatic carbocycles. The van der Waals surface area contributed by atoms with Crippen LogP contribution >= 0.6 is 0 Å². The molecular weight excluding hydrogens is 234 g/mol. The lowest BCUT2D eigenvalue weighted by Gasteiger charge is -2.36. The maximum atomic E-state index is 11.0. The van der Waals surface area contributed by atoms with Crippen molar-refractivity contribution in [3.8, 4) is 0 Å². The number of hydrazone groups is 1. The molecule has 2 aliphatic rings. The third-order valence-electron chi connectivity index (χ3n) is 3.77. The van der Waals surface area contributed by atoms with Crippen molar-refractivity contribution < 1.29 is 14.3 Å². The van der Waals surface area contributed by atoms with Crippen LogP contribution in [0.3, 0.4) is 0 Å². The average Bonchev–Trinajstić information content (AvgIpc) is 2.67. The molecule has 1 amide bonds. The summed E-state index contributed by atoms with van der Waals surface area (Å²) in [4.78, 5) is 13.3. The molecule has 1 spiro atoms. The van der Waals surface area contributed by atoms with E-state index in [2.05, 4.69) is 27.2 Å². The molecule has 0 aromatic heterocycles. The van der Waals surface area contributed by atoms with Crippen molar-refractivity contribution in [1.29, 1.82) is 0 Å². The molecule has 1 unspecified atom stereocenters. The van der Waals surface area contributed by atoms with E-state index in [0.29, 0.717) is 0 Å². The van der Waals surface area contributed by atoms with E-state index in [1.54, 1.807) is 0 Å². The first-order valence-corrected chi connectivity index (χ1v) is 6.31. The Kier molecular flexibility index (Phi) is 3.87. The van der Waals surface area contributed by atoms with Gasteiger partial charge in [-0.1, -0.05) is 0 Å². The fourth-order valence-electron chi connectivity index (χ4n) is 2.57. The van der Waals surface area contributed by atoms with Crippen LogP contribution in [0.25, 0.3) is 0 Å². The molecule has 2 aliphatic heterocycles. The standard InChI is InChI=1S/C12H21N3O3/c1-9-10(13-14-11(16)17-3)8-12(18-9)4-6-15(2)7-5-12/h9H,4-8H2,1-3H3,(H,14,16)/b13-10+. The number of carbonyl (C=O) groups is 1. The number of ether oxygens (including phenoxy) is 2. The van der Waals surface area contributed by atoms with Gasteiger partial charge in [0, 0.05) is 19.5 Å². The molecule has 0 bridgehead atoms. The van der Waals surface area contributed by atoms with Crippen LogP contribution in [0.1, 0.15) is 26.2 Å². The van der Waals surface area contributed by atoms with E-state index in [9.17, 15) is 4.79 Å². The zero-order valence-corrected chi connectivity index (χ0v) is 11.2. The van der Waals surface area contributed by atoms with E-state index in [4.69, 9.17) is 4.74 Å². The molecule has 2 fully saturated rings. The van der Waals surface area contributed by atoms with Crippen molar-refractivity contribution in [1.82, 2.24) is 10.3 Å². The van der Waals surface area contributed by atoms with Crippen LogP contribution < -0.4 is 5.43 Å². The van der Waals surface area contributed by atoms with Gasteiger partial charge in [-0.2, -0.15) is 5.10 Å². The number of methoxy groups -OCH3 is 1. The van der Waals surface area contributed by atoms with Crippen molar-refractivity contribution in [2.24, 2.45) is 5.10 Å². The van der Waals surface area contributed by atoms with Crippen molar-refractivity contribution in [3.05, 3.63) is 0 Å². The van der Waals surface area contributed by atoms with Gasteiger partial charge in [0.2, 0.25) is 0 Å². The molecule has 0 radical (unpaired) electrons. The highest BCUT2D eigenvalue weighted by molar-refractivity contribution is 5.91. The van der Waals surface area contributed by atoms with Gasteiger partial charge in [0.1, 0.15) is 0 Å². The van der Waals surface area contributed by atoms with Gasteiger partial charge < -0.3 is 14.4 Å². The minimum atomic E-state index is -0.543. The molecular formula is C12H21N3O3.